The lowest BCUT2D eigenvalue weighted by Gasteiger charge is -2.25. The first-order valence-electron chi connectivity index (χ1n) is 11.0. The van der Waals surface area contributed by atoms with Crippen LogP contribution < -0.4 is 24.5 Å². The molecule has 1 aromatic heterocycles. The predicted octanol–water partition coefficient (Wildman–Crippen LogP) is 2.87. The number of esters is 1. The normalized spacial score (nSPS) is 15.6. The van der Waals surface area contributed by atoms with Crippen molar-refractivity contribution in [3.8, 4) is 5.75 Å². The third-order valence-corrected chi connectivity index (χ3v) is 6.64. The molecule has 0 saturated carbocycles. The summed E-state index contributed by atoms with van der Waals surface area (Å²) in [5.41, 5.74) is 3.32. The molecule has 0 aliphatic carbocycles. The molecule has 7 nitrogen and oxygen atoms in total. The van der Waals surface area contributed by atoms with Gasteiger partial charge in [0.05, 0.1) is 29.5 Å². The predicted molar refractivity (Wildman–Crippen MR) is 134 cm³/mol. The highest BCUT2D eigenvalue weighted by Gasteiger charge is 2.34. The van der Waals surface area contributed by atoms with Gasteiger partial charge in [0.25, 0.3) is 5.56 Å². The third-order valence-electron chi connectivity index (χ3n) is 5.66. The van der Waals surface area contributed by atoms with Crippen molar-refractivity contribution in [3.63, 3.8) is 0 Å². The number of nitrogens with zero attached hydrogens (tertiary/aromatic N) is 3. The Morgan fingerprint density at radius 1 is 1.18 bits per heavy atom. The topological polar surface area (TPSA) is 73.1 Å². The van der Waals surface area contributed by atoms with Crippen molar-refractivity contribution in [1.29, 1.82) is 0 Å². The van der Waals surface area contributed by atoms with Crippen LogP contribution in [0.2, 0.25) is 0 Å². The summed E-state index contributed by atoms with van der Waals surface area (Å²) in [6, 6.07) is 14.6. The lowest BCUT2D eigenvalue weighted by atomic mass is 9.95. The number of ether oxygens (including phenoxy) is 2. The van der Waals surface area contributed by atoms with Gasteiger partial charge in [-0.3, -0.25) is 9.36 Å². The van der Waals surface area contributed by atoms with E-state index in [0.29, 0.717) is 31.9 Å². The van der Waals surface area contributed by atoms with Gasteiger partial charge < -0.3 is 14.4 Å². The average molecular weight is 478 g/mol. The molecule has 0 fully saturated rings. The zero-order valence-electron chi connectivity index (χ0n) is 19.9. The number of carbonyl (C=O) groups excluding carboxylic acids is 1. The fourth-order valence-corrected chi connectivity index (χ4v) is 5.04. The summed E-state index contributed by atoms with van der Waals surface area (Å²) in [4.78, 5) is 33.8. The van der Waals surface area contributed by atoms with Crippen molar-refractivity contribution in [2.75, 3.05) is 32.7 Å². The van der Waals surface area contributed by atoms with Crippen molar-refractivity contribution < 1.29 is 14.3 Å². The fraction of sp³-hybridized carbons (Fsp3) is 0.269. The van der Waals surface area contributed by atoms with Crippen LogP contribution in [0.1, 0.15) is 31.0 Å². The van der Waals surface area contributed by atoms with E-state index in [9.17, 15) is 9.59 Å². The van der Waals surface area contributed by atoms with Gasteiger partial charge in [-0.2, -0.15) is 0 Å². The van der Waals surface area contributed by atoms with Crippen LogP contribution >= 0.6 is 11.3 Å². The van der Waals surface area contributed by atoms with E-state index in [1.807, 2.05) is 73.6 Å². The maximum Gasteiger partial charge on any atom is 0.338 e. The molecule has 0 amide bonds. The van der Waals surface area contributed by atoms with E-state index in [4.69, 9.17) is 9.47 Å². The molecule has 0 bridgehead atoms. The molecular formula is C26H27N3O4S. The van der Waals surface area contributed by atoms with Crippen molar-refractivity contribution >= 4 is 29.1 Å². The zero-order chi connectivity index (χ0) is 24.4. The first-order chi connectivity index (χ1) is 16.3. The van der Waals surface area contributed by atoms with Crippen molar-refractivity contribution in [3.05, 3.63) is 90.6 Å². The summed E-state index contributed by atoms with van der Waals surface area (Å²) in [5, 5.41) is 0. The number of fused-ring (bicyclic) bond motifs is 1. The Balaban J connectivity index is 1.93. The minimum absolute atomic E-state index is 0.217. The smallest absolute Gasteiger partial charge is 0.338 e. The number of para-hydroxylation sites is 1. The van der Waals surface area contributed by atoms with Crippen LogP contribution in [0, 0.1) is 0 Å². The van der Waals surface area contributed by atoms with Gasteiger partial charge in [0, 0.05) is 25.3 Å². The third kappa shape index (κ3) is 4.28. The van der Waals surface area contributed by atoms with Crippen LogP contribution in [-0.4, -0.2) is 38.3 Å². The molecule has 4 rings (SSSR count). The van der Waals surface area contributed by atoms with Gasteiger partial charge in [0.1, 0.15) is 11.8 Å². The maximum absolute atomic E-state index is 13.7. The molecule has 0 N–H and O–H groups in total. The summed E-state index contributed by atoms with van der Waals surface area (Å²) in [7, 11) is 5.53. The Morgan fingerprint density at radius 2 is 1.88 bits per heavy atom. The van der Waals surface area contributed by atoms with E-state index in [2.05, 4.69) is 4.99 Å². The summed E-state index contributed by atoms with van der Waals surface area (Å²) in [6.45, 7) is 3.75. The first-order valence-corrected chi connectivity index (χ1v) is 11.8. The largest absolute Gasteiger partial charge is 0.496 e. The molecule has 0 radical (unpaired) electrons. The zero-order valence-corrected chi connectivity index (χ0v) is 20.7. The minimum Gasteiger partial charge on any atom is -0.496 e. The Bertz CT molecular complexity index is 1430. The standard InChI is InChI=1S/C26H27N3O4S/c1-6-33-25(31)22-16(2)27-26-29(23(22)19-9-7-8-10-20(19)32-5)24(30)21(34-26)15-17-11-13-18(14-12-17)28(3)4/h7-15,23H,6H2,1-5H3/b21-15+/t23-/m1/s1. The Labute approximate surface area is 201 Å². The van der Waals surface area contributed by atoms with E-state index in [1.54, 1.807) is 25.5 Å². The number of methoxy groups -OCH3 is 1. The summed E-state index contributed by atoms with van der Waals surface area (Å²) >= 11 is 1.30. The number of anilines is 1. The molecule has 1 atom stereocenters. The number of rotatable bonds is 6. The SMILES string of the molecule is CCOC(=O)C1=C(C)N=c2s/c(=C/c3ccc(N(C)C)cc3)c(=O)n2[C@@H]1c1ccccc1OC. The van der Waals surface area contributed by atoms with E-state index < -0.39 is 12.0 Å². The maximum atomic E-state index is 13.7. The first kappa shape index (κ1) is 23.5. The van der Waals surface area contributed by atoms with Gasteiger partial charge in [-0.15, -0.1) is 0 Å². The number of benzene rings is 2. The summed E-state index contributed by atoms with van der Waals surface area (Å²) in [5.74, 6) is 0.0889. The molecule has 176 valence electrons. The minimum atomic E-state index is -0.704. The molecule has 3 aromatic rings. The van der Waals surface area contributed by atoms with Gasteiger partial charge in [-0.25, -0.2) is 9.79 Å². The number of carbonyl (C=O) groups is 1. The number of hydrogen-bond donors (Lipinski definition) is 0. The molecule has 0 unspecified atom stereocenters. The van der Waals surface area contributed by atoms with Gasteiger partial charge >= 0.3 is 5.97 Å². The molecule has 34 heavy (non-hydrogen) atoms. The molecule has 1 aliphatic rings. The molecule has 0 saturated heterocycles. The molecular weight excluding hydrogens is 450 g/mol. The highest BCUT2D eigenvalue weighted by atomic mass is 32.1. The van der Waals surface area contributed by atoms with E-state index in [-0.39, 0.29) is 12.2 Å². The van der Waals surface area contributed by atoms with Crippen molar-refractivity contribution in [2.45, 2.75) is 19.9 Å². The van der Waals surface area contributed by atoms with Crippen molar-refractivity contribution in [1.82, 2.24) is 4.57 Å². The molecule has 2 aromatic carbocycles. The second-order valence-electron chi connectivity index (χ2n) is 8.03. The molecule has 1 aliphatic heterocycles. The van der Waals surface area contributed by atoms with Crippen LogP contribution in [0.3, 0.4) is 0 Å². The summed E-state index contributed by atoms with van der Waals surface area (Å²) < 4.78 is 13.0. The van der Waals surface area contributed by atoms with Crippen LogP contribution in [0.15, 0.2) is 69.6 Å². The monoisotopic (exact) mass is 477 g/mol. The van der Waals surface area contributed by atoms with Crippen LogP contribution in [0.4, 0.5) is 5.69 Å². The van der Waals surface area contributed by atoms with Gasteiger partial charge in [0.2, 0.25) is 0 Å². The van der Waals surface area contributed by atoms with Gasteiger partial charge in [-0.1, -0.05) is 41.7 Å². The Kier molecular flexibility index (Phi) is 6.70. The summed E-state index contributed by atoms with van der Waals surface area (Å²) in [6.07, 6.45) is 1.85. The van der Waals surface area contributed by atoms with Crippen LogP contribution in [0.5, 0.6) is 5.75 Å². The molecule has 0 spiro atoms. The van der Waals surface area contributed by atoms with Crippen LogP contribution in [-0.2, 0) is 9.53 Å². The van der Waals surface area contributed by atoms with Gasteiger partial charge in [-0.05, 0) is 43.7 Å². The number of thiazole rings is 1. The highest BCUT2D eigenvalue weighted by Crippen LogP contribution is 2.35. The second-order valence-corrected chi connectivity index (χ2v) is 9.04. The molecule has 8 heteroatoms. The van der Waals surface area contributed by atoms with Gasteiger partial charge in [0.15, 0.2) is 4.80 Å². The molecule has 2 heterocycles. The number of allylic oxidation sites excluding steroid dienone is 1. The number of aromatic nitrogens is 1. The van der Waals surface area contributed by atoms with Crippen LogP contribution in [0.25, 0.3) is 6.08 Å². The van der Waals surface area contributed by atoms with E-state index in [0.717, 1.165) is 11.3 Å². The number of hydrogen-bond acceptors (Lipinski definition) is 7. The van der Waals surface area contributed by atoms with E-state index in [1.165, 1.54) is 11.3 Å². The average Bonchev–Trinajstić information content (AvgIpc) is 3.13. The highest BCUT2D eigenvalue weighted by molar-refractivity contribution is 7.07. The quantitative estimate of drug-likeness (QED) is 0.511. The lowest BCUT2D eigenvalue weighted by Crippen LogP contribution is -2.40. The fourth-order valence-electron chi connectivity index (χ4n) is 4.00. The van der Waals surface area contributed by atoms with E-state index >= 15 is 0 Å². The Hall–Kier alpha value is -3.65. The Morgan fingerprint density at radius 3 is 2.53 bits per heavy atom. The lowest BCUT2D eigenvalue weighted by molar-refractivity contribution is -0.139. The van der Waals surface area contributed by atoms with Crippen molar-refractivity contribution in [2.24, 2.45) is 4.99 Å². The second kappa shape index (κ2) is 9.69.